The number of benzene rings is 4. The van der Waals surface area contributed by atoms with Crippen molar-refractivity contribution >= 4 is 23.1 Å². The maximum Gasteiger partial charge on any atom is 3.00 e. The molecule has 0 amide bonds. The van der Waals surface area contributed by atoms with E-state index in [-0.39, 0.29) is 26.8 Å². The summed E-state index contributed by atoms with van der Waals surface area (Å²) >= 11 is 0. The van der Waals surface area contributed by atoms with Crippen molar-refractivity contribution in [2.45, 2.75) is 0 Å². The summed E-state index contributed by atoms with van der Waals surface area (Å²) < 4.78 is 12.5. The maximum atomic E-state index is 6.26. The Balaban J connectivity index is 0.000000188. The number of rotatable bonds is 2. The minimum Gasteiger partial charge on any atom is -0.479 e. The number of aromatic nitrogens is 2. The second-order valence-corrected chi connectivity index (χ2v) is 9.12. The van der Waals surface area contributed by atoms with E-state index in [4.69, 9.17) is 9.47 Å². The number of ether oxygens (including phenoxy) is 2. The molecule has 6 aromatic rings. The molecule has 2 aliphatic rings. The van der Waals surface area contributed by atoms with Gasteiger partial charge in [0, 0.05) is 17.7 Å². The molecule has 0 saturated carbocycles. The van der Waals surface area contributed by atoms with Crippen molar-refractivity contribution in [2.75, 3.05) is 0 Å². The molecular formula is C34H20BIrN2O2. The Labute approximate surface area is 247 Å². The van der Waals surface area contributed by atoms with Gasteiger partial charge in [0.2, 0.25) is 6.71 Å². The van der Waals surface area contributed by atoms with E-state index in [2.05, 4.69) is 40.3 Å². The first kappa shape index (κ1) is 25.8. The van der Waals surface area contributed by atoms with Crippen LogP contribution in [0.3, 0.4) is 0 Å². The average Bonchev–Trinajstić information content (AvgIpc) is 3.02. The molecule has 2 aromatic heterocycles. The molecule has 40 heavy (non-hydrogen) atoms. The first-order valence-corrected chi connectivity index (χ1v) is 12.7. The van der Waals surface area contributed by atoms with Gasteiger partial charge in [0.25, 0.3) is 0 Å². The summed E-state index contributed by atoms with van der Waals surface area (Å²) in [7, 11) is 0. The zero-order chi connectivity index (χ0) is 26.0. The molecular weight excluding hydrogens is 671 g/mol. The Morgan fingerprint density at radius 3 is 2.00 bits per heavy atom. The topological polar surface area (TPSA) is 44.2 Å². The molecule has 2 aliphatic heterocycles. The van der Waals surface area contributed by atoms with Gasteiger partial charge in [-0.1, -0.05) is 54.0 Å². The summed E-state index contributed by atoms with van der Waals surface area (Å²) in [5.41, 5.74) is 6.85. The molecule has 190 valence electrons. The van der Waals surface area contributed by atoms with Crippen LogP contribution in [0.2, 0.25) is 0 Å². The molecule has 0 unspecified atom stereocenters. The third kappa shape index (κ3) is 4.84. The summed E-state index contributed by atoms with van der Waals surface area (Å²) in [6.45, 7) is 0.0721. The van der Waals surface area contributed by atoms with Gasteiger partial charge in [-0.05, 0) is 41.0 Å². The van der Waals surface area contributed by atoms with Crippen LogP contribution < -0.4 is 25.9 Å². The van der Waals surface area contributed by atoms with Gasteiger partial charge in [-0.15, -0.1) is 47.7 Å². The molecule has 0 radical (unpaired) electrons. The van der Waals surface area contributed by atoms with Crippen molar-refractivity contribution in [1.29, 1.82) is 0 Å². The monoisotopic (exact) mass is 692 g/mol. The Kier molecular flexibility index (Phi) is 7.28. The van der Waals surface area contributed by atoms with Crippen LogP contribution in [-0.4, -0.2) is 16.7 Å². The molecule has 0 aliphatic carbocycles. The predicted molar refractivity (Wildman–Crippen MR) is 154 cm³/mol. The molecule has 0 bridgehead atoms. The van der Waals surface area contributed by atoms with Crippen LogP contribution in [0.1, 0.15) is 0 Å². The average molecular weight is 692 g/mol. The zero-order valence-corrected chi connectivity index (χ0v) is 23.6. The van der Waals surface area contributed by atoms with E-state index < -0.39 is 0 Å². The third-order valence-electron chi connectivity index (χ3n) is 6.73. The molecule has 4 aromatic carbocycles. The van der Waals surface area contributed by atoms with Crippen molar-refractivity contribution in [3.63, 3.8) is 0 Å². The molecule has 0 atom stereocenters. The molecule has 0 saturated heterocycles. The maximum absolute atomic E-state index is 6.26. The van der Waals surface area contributed by atoms with Gasteiger partial charge in [-0.3, -0.25) is 0 Å². The van der Waals surface area contributed by atoms with E-state index in [1.807, 2.05) is 97.1 Å². The summed E-state index contributed by atoms with van der Waals surface area (Å²) in [5.74, 6) is 3.21. The van der Waals surface area contributed by atoms with E-state index in [1.54, 1.807) is 12.4 Å². The quantitative estimate of drug-likeness (QED) is 0.175. The molecule has 0 N–H and O–H groups in total. The first-order valence-electron chi connectivity index (χ1n) is 12.7. The second kappa shape index (κ2) is 11.3. The van der Waals surface area contributed by atoms with Crippen LogP contribution in [0.4, 0.5) is 0 Å². The summed E-state index contributed by atoms with van der Waals surface area (Å²) in [5, 5.41) is 0. The van der Waals surface area contributed by atoms with Crippen LogP contribution in [0.5, 0.6) is 23.0 Å². The molecule has 8 rings (SSSR count). The number of nitrogens with zero attached hydrogens (tertiary/aromatic N) is 2. The number of para-hydroxylation sites is 2. The molecule has 4 nitrogen and oxygen atoms in total. The van der Waals surface area contributed by atoms with Gasteiger partial charge < -0.3 is 19.4 Å². The summed E-state index contributed by atoms with van der Waals surface area (Å²) in [6, 6.07) is 45.4. The standard InChI is InChI=1S/C23H12BNO2.C11H8N.Ir/c1-3-10-19-16(7-1)24-17-8-2-4-11-20(17)27-22-14-15(13-21(26-19)23(22)24)18-9-5-6-12-25-18;1-2-6-10(7-3-1)11-8-4-5-9-12-11;/h1-8,10-13H;1-6,8-9H;/q-2;-1;+3. The zero-order valence-electron chi connectivity index (χ0n) is 21.2. The fourth-order valence-electron chi connectivity index (χ4n) is 4.99. The van der Waals surface area contributed by atoms with E-state index >= 15 is 0 Å². The van der Waals surface area contributed by atoms with Gasteiger partial charge >= 0.3 is 20.1 Å². The van der Waals surface area contributed by atoms with Crippen LogP contribution in [0.15, 0.2) is 122 Å². The second-order valence-electron chi connectivity index (χ2n) is 9.12. The molecule has 0 fully saturated rings. The van der Waals surface area contributed by atoms with Crippen LogP contribution in [0, 0.1) is 18.2 Å². The van der Waals surface area contributed by atoms with Crippen LogP contribution >= 0.6 is 0 Å². The van der Waals surface area contributed by atoms with Gasteiger partial charge in [-0.25, -0.2) is 11.6 Å². The van der Waals surface area contributed by atoms with Crippen LogP contribution in [0.25, 0.3) is 22.5 Å². The minimum absolute atomic E-state index is 0. The fourth-order valence-corrected chi connectivity index (χ4v) is 4.99. The van der Waals surface area contributed by atoms with E-state index in [9.17, 15) is 0 Å². The van der Waals surface area contributed by atoms with Gasteiger partial charge in [-0.2, -0.15) is 18.2 Å². The number of fused-ring (bicyclic) bond motifs is 4. The van der Waals surface area contributed by atoms with Gasteiger partial charge in [0.1, 0.15) is 11.5 Å². The predicted octanol–water partition coefficient (Wildman–Crippen LogP) is 5.62. The van der Waals surface area contributed by atoms with Crippen molar-refractivity contribution in [3.8, 4) is 45.5 Å². The van der Waals surface area contributed by atoms with Crippen molar-refractivity contribution < 1.29 is 29.6 Å². The Morgan fingerprint density at radius 1 is 0.600 bits per heavy atom. The van der Waals surface area contributed by atoms with Gasteiger partial charge in [0.05, 0.1) is 0 Å². The van der Waals surface area contributed by atoms with Crippen molar-refractivity contribution in [2.24, 2.45) is 0 Å². The Hall–Kier alpha value is -4.51. The first-order chi connectivity index (χ1) is 19.3. The fraction of sp³-hybridized carbons (Fsp3) is 0. The largest absolute Gasteiger partial charge is 3.00 e. The van der Waals surface area contributed by atoms with Gasteiger partial charge in [0.15, 0.2) is 0 Å². The Bertz CT molecular complexity index is 1660. The number of hydrogen-bond acceptors (Lipinski definition) is 4. The molecule has 4 heterocycles. The SMILES string of the molecule is [Ir+3].[c-]1ccccc1-c1ccccn1.[c-]1cccnc1-c1[c-]c2c3c(c1)Oc1ccccc1B3c1ccccc1O2. The third-order valence-corrected chi connectivity index (χ3v) is 6.73. The normalized spacial score (nSPS) is 11.7. The number of hydrogen-bond donors (Lipinski definition) is 0. The summed E-state index contributed by atoms with van der Waals surface area (Å²) in [6.07, 6.45) is 3.54. The minimum atomic E-state index is 0. The number of pyridine rings is 2. The smallest absolute Gasteiger partial charge is 0.479 e. The van der Waals surface area contributed by atoms with E-state index in [1.165, 1.54) is 0 Å². The van der Waals surface area contributed by atoms with E-state index in [0.717, 1.165) is 56.2 Å². The van der Waals surface area contributed by atoms with Crippen LogP contribution in [-0.2, 0) is 20.1 Å². The molecule has 0 spiro atoms. The Morgan fingerprint density at radius 2 is 1.30 bits per heavy atom. The van der Waals surface area contributed by atoms with Crippen molar-refractivity contribution in [3.05, 3.63) is 140 Å². The van der Waals surface area contributed by atoms with E-state index in [0.29, 0.717) is 5.75 Å². The summed E-state index contributed by atoms with van der Waals surface area (Å²) in [4.78, 5) is 8.62. The molecule has 6 heteroatoms. The van der Waals surface area contributed by atoms with Crippen molar-refractivity contribution in [1.82, 2.24) is 9.97 Å².